The lowest BCUT2D eigenvalue weighted by Crippen LogP contribution is -2.49. The fourth-order valence-electron chi connectivity index (χ4n) is 3.04. The van der Waals surface area contributed by atoms with Gasteiger partial charge in [-0.25, -0.2) is 0 Å². The first-order valence-corrected chi connectivity index (χ1v) is 10.1. The van der Waals surface area contributed by atoms with Gasteiger partial charge in [0.25, 0.3) is 0 Å². The number of rotatable bonds is 19. The van der Waals surface area contributed by atoms with Gasteiger partial charge in [0.1, 0.15) is 11.8 Å². The van der Waals surface area contributed by atoms with Crippen LogP contribution in [0.15, 0.2) is 0 Å². The highest BCUT2D eigenvalue weighted by Gasteiger charge is 2.27. The van der Waals surface area contributed by atoms with E-state index < -0.39 is 43.0 Å². The van der Waals surface area contributed by atoms with Crippen molar-refractivity contribution in [1.82, 2.24) is 14.7 Å². The summed E-state index contributed by atoms with van der Waals surface area (Å²) in [6.07, 6.45) is 0.384. The summed E-state index contributed by atoms with van der Waals surface area (Å²) in [5, 5.41) is 36.6. The molecule has 31 heavy (non-hydrogen) atoms. The second-order valence-corrected chi connectivity index (χ2v) is 7.08. The van der Waals surface area contributed by atoms with Crippen molar-refractivity contribution in [2.24, 2.45) is 0 Å². The zero-order valence-electron chi connectivity index (χ0n) is 18.0. The monoisotopic (exact) mass is 447 g/mol. The summed E-state index contributed by atoms with van der Waals surface area (Å²) in [4.78, 5) is 60.9. The molecule has 0 aromatic carbocycles. The molecule has 0 aliphatic rings. The van der Waals surface area contributed by atoms with E-state index in [1.54, 1.807) is 18.7 Å². The number of carboxylic acids is 4. The number of aliphatic carboxylic acids is 4. The highest BCUT2D eigenvalue weighted by molar-refractivity contribution is 5.80. The van der Waals surface area contributed by atoms with Crippen molar-refractivity contribution in [2.45, 2.75) is 39.2 Å². The molecule has 0 saturated carbocycles. The molecule has 0 rings (SSSR count). The van der Waals surface area contributed by atoms with Gasteiger partial charge in [-0.3, -0.25) is 38.7 Å². The lowest BCUT2D eigenvalue weighted by molar-refractivity contribution is -0.146. The van der Waals surface area contributed by atoms with Crippen LogP contribution >= 0.6 is 0 Å². The summed E-state index contributed by atoms with van der Waals surface area (Å²) in [5.74, 6) is -4.70. The molecule has 0 aliphatic heterocycles. The first kappa shape index (κ1) is 28.4. The number of carbonyl (C=O) groups excluding carboxylic acids is 1. The van der Waals surface area contributed by atoms with Gasteiger partial charge < -0.3 is 20.4 Å². The Morgan fingerprint density at radius 1 is 0.710 bits per heavy atom. The van der Waals surface area contributed by atoms with Crippen LogP contribution in [0, 0.1) is 0 Å². The van der Waals surface area contributed by atoms with Crippen LogP contribution in [0.1, 0.15) is 33.1 Å². The lowest BCUT2D eigenvalue weighted by Gasteiger charge is -2.32. The maximum absolute atomic E-state index is 11.9. The molecule has 1 atom stereocenters. The molecule has 1 unspecified atom stereocenters. The summed E-state index contributed by atoms with van der Waals surface area (Å²) < 4.78 is 0. The zero-order valence-corrected chi connectivity index (χ0v) is 18.0. The van der Waals surface area contributed by atoms with E-state index in [2.05, 4.69) is 0 Å². The Bertz CT molecular complexity index is 611. The lowest BCUT2D eigenvalue weighted by atomic mass is 10.1. The zero-order chi connectivity index (χ0) is 24.0. The molecule has 0 spiro atoms. The van der Waals surface area contributed by atoms with E-state index in [4.69, 9.17) is 15.3 Å². The number of carbonyl (C=O) groups is 5. The van der Waals surface area contributed by atoms with Gasteiger partial charge in [0.15, 0.2) is 0 Å². The van der Waals surface area contributed by atoms with E-state index in [9.17, 15) is 29.1 Å². The summed E-state index contributed by atoms with van der Waals surface area (Å²) in [5.41, 5.74) is 0. The minimum atomic E-state index is -1.21. The second kappa shape index (κ2) is 15.3. The van der Waals surface area contributed by atoms with Crippen molar-refractivity contribution in [1.29, 1.82) is 0 Å². The number of ketones is 1. The molecule has 0 aromatic heterocycles. The van der Waals surface area contributed by atoms with Crippen LogP contribution < -0.4 is 0 Å². The molecule has 0 radical (unpaired) electrons. The normalized spacial score (nSPS) is 12.3. The van der Waals surface area contributed by atoms with Crippen LogP contribution in [0.3, 0.4) is 0 Å². The fraction of sp³-hybridized carbons (Fsp3) is 0.737. The summed E-state index contributed by atoms with van der Waals surface area (Å²) in [6, 6.07) is -1.05. The number of nitrogens with zero attached hydrogens (tertiary/aromatic N) is 3. The van der Waals surface area contributed by atoms with E-state index in [-0.39, 0.29) is 57.8 Å². The smallest absolute Gasteiger partial charge is 0.320 e. The van der Waals surface area contributed by atoms with Crippen molar-refractivity contribution in [3.8, 4) is 0 Å². The van der Waals surface area contributed by atoms with E-state index in [1.807, 2.05) is 0 Å². The highest BCUT2D eigenvalue weighted by Crippen LogP contribution is 2.10. The van der Waals surface area contributed by atoms with Crippen molar-refractivity contribution in [3.05, 3.63) is 0 Å². The molecular weight excluding hydrogens is 414 g/mol. The molecule has 0 aliphatic carbocycles. The third-order valence-corrected chi connectivity index (χ3v) is 4.75. The fourth-order valence-corrected chi connectivity index (χ4v) is 3.04. The molecule has 0 fully saturated rings. The third-order valence-electron chi connectivity index (χ3n) is 4.75. The standard InChI is InChI=1S/C19H33N3O9/c1-3-14(23)5-6-15(19(30)31)22(9-7-20(4-2)11-16(24)25)10-8-21(12-17(26)27)13-18(28)29/h15H,3-13H2,1-2H3,(H,24,25)(H,26,27)(H,28,29)(H,30,31). The Kier molecular flexibility index (Phi) is 14.0. The molecule has 12 nitrogen and oxygen atoms in total. The van der Waals surface area contributed by atoms with Crippen molar-refractivity contribution in [3.63, 3.8) is 0 Å². The molecule has 12 heteroatoms. The van der Waals surface area contributed by atoms with E-state index in [0.29, 0.717) is 6.54 Å². The Balaban J connectivity index is 5.41. The minimum Gasteiger partial charge on any atom is -0.480 e. The Morgan fingerprint density at radius 3 is 1.55 bits per heavy atom. The van der Waals surface area contributed by atoms with E-state index in [1.165, 1.54) is 9.80 Å². The van der Waals surface area contributed by atoms with Crippen LogP contribution in [-0.4, -0.2) is 123 Å². The van der Waals surface area contributed by atoms with Crippen LogP contribution in [0.5, 0.6) is 0 Å². The Morgan fingerprint density at radius 2 is 1.16 bits per heavy atom. The molecular formula is C19H33N3O9. The average Bonchev–Trinajstić information content (AvgIpc) is 2.66. The van der Waals surface area contributed by atoms with Gasteiger partial charge >= 0.3 is 23.9 Å². The first-order chi connectivity index (χ1) is 14.5. The van der Waals surface area contributed by atoms with Gasteiger partial charge in [0.05, 0.1) is 19.6 Å². The first-order valence-electron chi connectivity index (χ1n) is 10.1. The molecule has 0 amide bonds. The van der Waals surface area contributed by atoms with Crippen molar-refractivity contribution in [2.75, 3.05) is 52.4 Å². The van der Waals surface area contributed by atoms with Gasteiger partial charge in [-0.15, -0.1) is 0 Å². The van der Waals surface area contributed by atoms with Crippen LogP contribution in [-0.2, 0) is 24.0 Å². The summed E-state index contributed by atoms with van der Waals surface area (Å²) in [6.45, 7) is 3.03. The van der Waals surface area contributed by atoms with Crippen molar-refractivity contribution < 1.29 is 44.4 Å². The maximum Gasteiger partial charge on any atom is 0.320 e. The molecule has 178 valence electrons. The van der Waals surface area contributed by atoms with Crippen LogP contribution in [0.4, 0.5) is 0 Å². The van der Waals surface area contributed by atoms with Crippen LogP contribution in [0.2, 0.25) is 0 Å². The maximum atomic E-state index is 11.9. The number of Topliss-reactive ketones (excluding diaryl/α,β-unsaturated/α-hetero) is 1. The van der Waals surface area contributed by atoms with Crippen LogP contribution in [0.25, 0.3) is 0 Å². The van der Waals surface area contributed by atoms with E-state index >= 15 is 0 Å². The predicted molar refractivity (Wildman–Crippen MR) is 109 cm³/mol. The summed E-state index contributed by atoms with van der Waals surface area (Å²) >= 11 is 0. The second-order valence-electron chi connectivity index (χ2n) is 7.08. The molecule has 4 N–H and O–H groups in total. The highest BCUT2D eigenvalue weighted by atomic mass is 16.4. The van der Waals surface area contributed by atoms with Gasteiger partial charge in [-0.2, -0.15) is 0 Å². The number of carboxylic acid groups (broad SMARTS) is 4. The number of hydrogen-bond acceptors (Lipinski definition) is 8. The average molecular weight is 447 g/mol. The van der Waals surface area contributed by atoms with Gasteiger partial charge in [0, 0.05) is 39.0 Å². The molecule has 0 aromatic rings. The van der Waals surface area contributed by atoms with Gasteiger partial charge in [-0.1, -0.05) is 13.8 Å². The minimum absolute atomic E-state index is 0.0187. The quantitative estimate of drug-likeness (QED) is 0.198. The number of hydrogen-bond donors (Lipinski definition) is 4. The largest absolute Gasteiger partial charge is 0.480 e. The van der Waals surface area contributed by atoms with Gasteiger partial charge in [0.2, 0.25) is 0 Å². The number of likely N-dealkylation sites (N-methyl/N-ethyl adjacent to an activating group) is 1. The van der Waals surface area contributed by atoms with Crippen molar-refractivity contribution >= 4 is 29.7 Å². The topological polar surface area (TPSA) is 176 Å². The Hall–Kier alpha value is -2.57. The molecule has 0 bridgehead atoms. The SMILES string of the molecule is CCC(=O)CCC(C(=O)O)N(CCN(CC)CC(=O)O)CCN(CC(=O)O)CC(=O)O. The summed E-state index contributed by atoms with van der Waals surface area (Å²) in [7, 11) is 0. The molecule has 0 saturated heterocycles. The third kappa shape index (κ3) is 13.4. The molecule has 0 heterocycles. The predicted octanol–water partition coefficient (Wildman–Crippen LogP) is -0.621. The van der Waals surface area contributed by atoms with E-state index in [0.717, 1.165) is 0 Å². The van der Waals surface area contributed by atoms with Gasteiger partial charge in [-0.05, 0) is 13.0 Å². The Labute approximate surface area is 181 Å².